The molecular weight excluding hydrogens is 271 g/mol. The number of benzene rings is 2. The number of rotatable bonds is 3. The van der Waals surface area contributed by atoms with Crippen LogP contribution in [0.1, 0.15) is 17.3 Å². The number of hydrogen-bond acceptors (Lipinski definition) is 5. The zero-order chi connectivity index (χ0) is 14.8. The van der Waals surface area contributed by atoms with Crippen molar-refractivity contribution in [2.45, 2.75) is 6.04 Å². The Morgan fingerprint density at radius 1 is 1.10 bits per heavy atom. The summed E-state index contributed by atoms with van der Waals surface area (Å²) in [5.74, 6) is 0.316. The molecule has 1 heterocycles. The smallest absolute Gasteiger partial charge is 0.134 e. The highest BCUT2D eigenvalue weighted by Gasteiger charge is 2.18. The van der Waals surface area contributed by atoms with Gasteiger partial charge in [-0.2, -0.15) is 0 Å². The van der Waals surface area contributed by atoms with Crippen molar-refractivity contribution in [3.05, 3.63) is 59.5 Å². The minimum Gasteiger partial charge on any atom is -0.497 e. The van der Waals surface area contributed by atoms with Gasteiger partial charge >= 0.3 is 0 Å². The molecule has 3 aromatic rings. The molecule has 3 rings (SSSR count). The van der Waals surface area contributed by atoms with E-state index in [1.165, 1.54) is 6.07 Å². The lowest BCUT2D eigenvalue weighted by Gasteiger charge is -2.13. The number of fused-ring (bicyclic) bond motifs is 1. The highest BCUT2D eigenvalue weighted by Crippen LogP contribution is 2.26. The minimum absolute atomic E-state index is 0.302. The molecule has 0 radical (unpaired) electrons. The molecule has 0 aliphatic heterocycles. The van der Waals surface area contributed by atoms with Gasteiger partial charge in [-0.3, -0.25) is 0 Å². The quantitative estimate of drug-likeness (QED) is 0.798. The van der Waals surface area contributed by atoms with Gasteiger partial charge in [0.25, 0.3) is 0 Å². The summed E-state index contributed by atoms with van der Waals surface area (Å²) in [6, 6.07) is 11.2. The number of aromatic nitrogens is 3. The van der Waals surface area contributed by atoms with Gasteiger partial charge in [-0.15, -0.1) is 10.2 Å². The van der Waals surface area contributed by atoms with Crippen LogP contribution >= 0.6 is 0 Å². The Hall–Kier alpha value is -2.60. The van der Waals surface area contributed by atoms with Gasteiger partial charge in [0.2, 0.25) is 0 Å². The van der Waals surface area contributed by atoms with Crippen molar-refractivity contribution in [2.24, 2.45) is 5.73 Å². The first kappa shape index (κ1) is 13.4. The molecule has 1 unspecified atom stereocenters. The first-order chi connectivity index (χ1) is 10.2. The first-order valence-corrected chi connectivity index (χ1v) is 6.37. The third kappa shape index (κ3) is 2.41. The molecule has 0 saturated carbocycles. The zero-order valence-corrected chi connectivity index (χ0v) is 11.3. The average molecular weight is 284 g/mol. The molecule has 0 aliphatic carbocycles. The number of nitrogens with zero attached hydrogens (tertiary/aromatic N) is 3. The number of halogens is 1. The van der Waals surface area contributed by atoms with Crippen LogP contribution in [0.25, 0.3) is 10.9 Å². The zero-order valence-electron chi connectivity index (χ0n) is 11.3. The largest absolute Gasteiger partial charge is 0.497 e. The van der Waals surface area contributed by atoms with Crippen LogP contribution in [-0.4, -0.2) is 22.5 Å². The van der Waals surface area contributed by atoms with E-state index in [2.05, 4.69) is 15.4 Å². The molecule has 6 heteroatoms. The van der Waals surface area contributed by atoms with Crippen molar-refractivity contribution in [3.8, 4) is 5.75 Å². The Bertz CT molecular complexity index is 771. The number of nitrogens with two attached hydrogens (primary N) is 1. The van der Waals surface area contributed by atoms with Crippen molar-refractivity contribution in [1.29, 1.82) is 0 Å². The van der Waals surface area contributed by atoms with Crippen molar-refractivity contribution >= 4 is 10.9 Å². The SMILES string of the molecule is COc1ccc(C(N)c2nnnc3cccc(F)c23)cc1. The Balaban J connectivity index is 2.10. The van der Waals surface area contributed by atoms with Crippen molar-refractivity contribution < 1.29 is 9.13 Å². The third-order valence-electron chi connectivity index (χ3n) is 3.32. The minimum atomic E-state index is -0.592. The van der Waals surface area contributed by atoms with E-state index in [4.69, 9.17) is 10.5 Å². The van der Waals surface area contributed by atoms with Gasteiger partial charge in [0.1, 0.15) is 11.6 Å². The molecule has 0 spiro atoms. The predicted octanol–water partition coefficient (Wildman–Crippen LogP) is 2.22. The van der Waals surface area contributed by atoms with Gasteiger partial charge < -0.3 is 10.5 Å². The van der Waals surface area contributed by atoms with Gasteiger partial charge in [0.05, 0.1) is 29.7 Å². The van der Waals surface area contributed by atoms with Crippen LogP contribution in [0.4, 0.5) is 4.39 Å². The standard InChI is InChI=1S/C15H13FN4O/c1-21-10-7-5-9(6-8-10)14(17)15-13-11(16)3-2-4-12(13)18-20-19-15/h2-8,14H,17H2,1H3. The monoisotopic (exact) mass is 284 g/mol. The molecule has 2 N–H and O–H groups in total. The van der Waals surface area contributed by atoms with Gasteiger partial charge in [-0.05, 0) is 35.0 Å². The fourth-order valence-electron chi connectivity index (χ4n) is 2.21. The molecule has 0 aliphatic rings. The van der Waals surface area contributed by atoms with Gasteiger partial charge in [0.15, 0.2) is 0 Å². The Morgan fingerprint density at radius 3 is 2.57 bits per heavy atom. The fraction of sp³-hybridized carbons (Fsp3) is 0.133. The van der Waals surface area contributed by atoms with Crippen LogP contribution in [0.3, 0.4) is 0 Å². The van der Waals surface area contributed by atoms with Crippen molar-refractivity contribution in [3.63, 3.8) is 0 Å². The highest BCUT2D eigenvalue weighted by molar-refractivity contribution is 5.81. The normalized spacial score (nSPS) is 12.3. The van der Waals surface area contributed by atoms with Crippen LogP contribution in [0.5, 0.6) is 5.75 Å². The molecule has 0 amide bonds. The molecule has 0 fully saturated rings. The molecule has 1 aromatic heterocycles. The maximum atomic E-state index is 14.1. The lowest BCUT2D eigenvalue weighted by atomic mass is 10.0. The van der Waals surface area contributed by atoms with Crippen LogP contribution in [-0.2, 0) is 0 Å². The van der Waals surface area contributed by atoms with Crippen LogP contribution in [0.2, 0.25) is 0 Å². The van der Waals surface area contributed by atoms with E-state index < -0.39 is 11.9 Å². The van der Waals surface area contributed by atoms with E-state index in [0.717, 1.165) is 11.3 Å². The van der Waals surface area contributed by atoms with Gasteiger partial charge in [-0.1, -0.05) is 18.2 Å². The lowest BCUT2D eigenvalue weighted by molar-refractivity contribution is 0.414. The van der Waals surface area contributed by atoms with E-state index in [1.54, 1.807) is 31.4 Å². The summed E-state index contributed by atoms with van der Waals surface area (Å²) in [6.45, 7) is 0. The summed E-state index contributed by atoms with van der Waals surface area (Å²) in [6.07, 6.45) is 0. The summed E-state index contributed by atoms with van der Waals surface area (Å²) >= 11 is 0. The average Bonchev–Trinajstić information content (AvgIpc) is 2.54. The maximum absolute atomic E-state index is 14.1. The second-order valence-corrected chi connectivity index (χ2v) is 4.56. The van der Waals surface area contributed by atoms with Crippen LogP contribution in [0.15, 0.2) is 42.5 Å². The lowest BCUT2D eigenvalue weighted by Crippen LogP contribution is -2.16. The van der Waals surface area contributed by atoms with E-state index in [1.807, 2.05) is 12.1 Å². The Labute approximate surface area is 120 Å². The predicted molar refractivity (Wildman–Crippen MR) is 76.3 cm³/mol. The van der Waals surface area contributed by atoms with E-state index in [9.17, 15) is 4.39 Å². The van der Waals surface area contributed by atoms with Crippen molar-refractivity contribution in [1.82, 2.24) is 15.4 Å². The molecule has 0 bridgehead atoms. The molecule has 5 nitrogen and oxygen atoms in total. The summed E-state index contributed by atoms with van der Waals surface area (Å²) < 4.78 is 19.2. The number of methoxy groups -OCH3 is 1. The van der Waals surface area contributed by atoms with Crippen LogP contribution in [0, 0.1) is 5.82 Å². The topological polar surface area (TPSA) is 73.9 Å². The second-order valence-electron chi connectivity index (χ2n) is 4.56. The molecule has 106 valence electrons. The summed E-state index contributed by atoms with van der Waals surface area (Å²) in [5, 5.41) is 11.7. The molecule has 2 aromatic carbocycles. The molecule has 1 atom stereocenters. The summed E-state index contributed by atoms with van der Waals surface area (Å²) in [5.41, 5.74) is 7.80. The third-order valence-corrected chi connectivity index (χ3v) is 3.32. The summed E-state index contributed by atoms with van der Waals surface area (Å²) in [7, 11) is 1.59. The fourth-order valence-corrected chi connectivity index (χ4v) is 2.21. The van der Waals surface area contributed by atoms with Gasteiger partial charge in [0, 0.05) is 0 Å². The first-order valence-electron chi connectivity index (χ1n) is 6.37. The van der Waals surface area contributed by atoms with Gasteiger partial charge in [-0.25, -0.2) is 4.39 Å². The van der Waals surface area contributed by atoms with E-state index in [0.29, 0.717) is 16.6 Å². The number of ether oxygens (including phenoxy) is 1. The van der Waals surface area contributed by atoms with Crippen LogP contribution < -0.4 is 10.5 Å². The Kier molecular flexibility index (Phi) is 3.45. The summed E-state index contributed by atoms with van der Waals surface area (Å²) in [4.78, 5) is 0. The number of hydrogen-bond donors (Lipinski definition) is 1. The second kappa shape index (κ2) is 5.41. The van der Waals surface area contributed by atoms with E-state index in [-0.39, 0.29) is 0 Å². The molecular formula is C15H13FN4O. The highest BCUT2D eigenvalue weighted by atomic mass is 19.1. The maximum Gasteiger partial charge on any atom is 0.134 e. The molecule has 21 heavy (non-hydrogen) atoms. The Morgan fingerprint density at radius 2 is 1.86 bits per heavy atom. The van der Waals surface area contributed by atoms with E-state index >= 15 is 0 Å². The molecule has 0 saturated heterocycles. The van der Waals surface area contributed by atoms with Crippen molar-refractivity contribution in [2.75, 3.05) is 7.11 Å².